The van der Waals surface area contributed by atoms with Crippen LogP contribution in [0.4, 0.5) is 0 Å². The molecule has 1 aliphatic heterocycles. The smallest absolute Gasteiger partial charge is 0.248 e. The Bertz CT molecular complexity index is 530. The van der Waals surface area contributed by atoms with E-state index in [1.54, 1.807) is 18.2 Å². The molecule has 0 aliphatic carbocycles. The van der Waals surface area contributed by atoms with Crippen molar-refractivity contribution in [3.8, 4) is 0 Å². The molecule has 114 valence electrons. The lowest BCUT2D eigenvalue weighted by Gasteiger charge is -2.39. The third kappa shape index (κ3) is 3.61. The van der Waals surface area contributed by atoms with E-state index in [1.807, 2.05) is 11.0 Å². The van der Waals surface area contributed by atoms with Gasteiger partial charge >= 0.3 is 0 Å². The average molecular weight is 289 g/mol. The summed E-state index contributed by atoms with van der Waals surface area (Å²) in [6.07, 6.45) is 1.17. The number of hydrogen-bond acceptors (Lipinski definition) is 3. The van der Waals surface area contributed by atoms with Gasteiger partial charge in [-0.15, -0.1) is 0 Å². The van der Waals surface area contributed by atoms with Gasteiger partial charge in [0.2, 0.25) is 11.8 Å². The van der Waals surface area contributed by atoms with Crippen LogP contribution in [-0.2, 0) is 11.2 Å². The number of likely N-dealkylation sites (N-methyl/N-ethyl adjacent to an activating group) is 1. The summed E-state index contributed by atoms with van der Waals surface area (Å²) in [7, 11) is 2.08. The highest BCUT2D eigenvalue weighted by Crippen LogP contribution is 2.16. The van der Waals surface area contributed by atoms with E-state index in [2.05, 4.69) is 18.9 Å². The molecule has 0 spiro atoms. The second-order valence-electron chi connectivity index (χ2n) is 5.61. The summed E-state index contributed by atoms with van der Waals surface area (Å²) in [4.78, 5) is 28.2. The highest BCUT2D eigenvalue weighted by atomic mass is 16.2. The van der Waals surface area contributed by atoms with Crippen LogP contribution in [0.2, 0.25) is 0 Å². The van der Waals surface area contributed by atoms with E-state index >= 15 is 0 Å². The van der Waals surface area contributed by atoms with Crippen molar-refractivity contribution >= 4 is 11.8 Å². The van der Waals surface area contributed by atoms with Crippen LogP contribution >= 0.6 is 0 Å². The Hall–Kier alpha value is -1.88. The van der Waals surface area contributed by atoms with Crippen molar-refractivity contribution in [3.05, 3.63) is 35.4 Å². The molecular weight excluding hydrogens is 266 g/mol. The molecule has 2 rings (SSSR count). The van der Waals surface area contributed by atoms with Crippen LogP contribution in [0.5, 0.6) is 0 Å². The second kappa shape index (κ2) is 6.72. The molecule has 1 atom stereocenters. The van der Waals surface area contributed by atoms with Crippen molar-refractivity contribution in [3.63, 3.8) is 0 Å². The summed E-state index contributed by atoms with van der Waals surface area (Å²) in [5.74, 6) is -0.410. The number of nitrogens with two attached hydrogens (primary N) is 1. The quantitative estimate of drug-likeness (QED) is 0.895. The highest BCUT2D eigenvalue weighted by Gasteiger charge is 2.28. The maximum atomic E-state index is 12.6. The Morgan fingerprint density at radius 1 is 1.29 bits per heavy atom. The van der Waals surface area contributed by atoms with Crippen LogP contribution in [0.3, 0.4) is 0 Å². The first-order valence-corrected chi connectivity index (χ1v) is 7.38. The summed E-state index contributed by atoms with van der Waals surface area (Å²) < 4.78 is 0. The third-order valence-electron chi connectivity index (χ3n) is 4.10. The van der Waals surface area contributed by atoms with Crippen molar-refractivity contribution in [1.82, 2.24) is 9.80 Å². The number of hydrogen-bond donors (Lipinski definition) is 1. The maximum absolute atomic E-state index is 12.6. The molecule has 1 aromatic rings. The van der Waals surface area contributed by atoms with Gasteiger partial charge < -0.3 is 15.5 Å². The predicted molar refractivity (Wildman–Crippen MR) is 82.0 cm³/mol. The zero-order chi connectivity index (χ0) is 15.4. The minimum absolute atomic E-state index is 0.0728. The Morgan fingerprint density at radius 3 is 2.67 bits per heavy atom. The largest absolute Gasteiger partial charge is 0.366 e. The first kappa shape index (κ1) is 15.5. The topological polar surface area (TPSA) is 66.6 Å². The third-order valence-corrected chi connectivity index (χ3v) is 4.10. The number of carbonyl (C=O) groups is 2. The van der Waals surface area contributed by atoms with Gasteiger partial charge in [0.15, 0.2) is 0 Å². The first-order valence-electron chi connectivity index (χ1n) is 7.38. The molecule has 0 aromatic heterocycles. The minimum atomic E-state index is -0.483. The molecule has 21 heavy (non-hydrogen) atoms. The number of primary amides is 1. The molecule has 0 bridgehead atoms. The van der Waals surface area contributed by atoms with Gasteiger partial charge in [-0.3, -0.25) is 9.59 Å². The maximum Gasteiger partial charge on any atom is 0.248 e. The van der Waals surface area contributed by atoms with Crippen LogP contribution in [-0.4, -0.2) is 54.3 Å². The van der Waals surface area contributed by atoms with E-state index in [0.717, 1.165) is 26.1 Å². The lowest BCUT2D eigenvalue weighted by atomic mass is 10.0. The van der Waals surface area contributed by atoms with E-state index in [1.165, 1.54) is 0 Å². The van der Waals surface area contributed by atoms with Crippen molar-refractivity contribution in [2.75, 3.05) is 26.7 Å². The van der Waals surface area contributed by atoms with Gasteiger partial charge in [0.05, 0.1) is 6.42 Å². The summed E-state index contributed by atoms with van der Waals surface area (Å²) in [5, 5.41) is 0. The van der Waals surface area contributed by atoms with Gasteiger partial charge in [-0.2, -0.15) is 0 Å². The van der Waals surface area contributed by atoms with Crippen molar-refractivity contribution in [2.24, 2.45) is 5.73 Å². The molecule has 0 radical (unpaired) electrons. The monoisotopic (exact) mass is 289 g/mol. The predicted octanol–water partition coefficient (Wildman–Crippen LogP) is 0.881. The first-order chi connectivity index (χ1) is 10.0. The van der Waals surface area contributed by atoms with E-state index in [4.69, 9.17) is 5.73 Å². The fourth-order valence-corrected chi connectivity index (χ4v) is 2.87. The molecule has 5 nitrogen and oxygen atoms in total. The van der Waals surface area contributed by atoms with Crippen molar-refractivity contribution < 1.29 is 9.59 Å². The second-order valence-corrected chi connectivity index (χ2v) is 5.61. The van der Waals surface area contributed by atoms with Gasteiger partial charge in [0, 0.05) is 31.2 Å². The molecule has 1 saturated heterocycles. The van der Waals surface area contributed by atoms with Gasteiger partial charge in [0.1, 0.15) is 0 Å². The fourth-order valence-electron chi connectivity index (χ4n) is 2.87. The van der Waals surface area contributed by atoms with E-state index in [-0.39, 0.29) is 18.4 Å². The number of amides is 2. The molecule has 1 aliphatic rings. The normalized spacial score (nSPS) is 19.5. The van der Waals surface area contributed by atoms with Crippen LogP contribution in [0.15, 0.2) is 24.3 Å². The Morgan fingerprint density at radius 2 is 2.00 bits per heavy atom. The average Bonchev–Trinajstić information content (AvgIpc) is 2.47. The number of rotatable bonds is 4. The molecule has 1 fully saturated rings. The SMILES string of the molecule is CCC1CN(C)CCN1C(=O)Cc1ccccc1C(N)=O. The Balaban J connectivity index is 2.12. The van der Waals surface area contributed by atoms with Crippen LogP contribution in [0, 0.1) is 0 Å². The molecule has 1 unspecified atom stereocenters. The molecular formula is C16H23N3O2. The molecule has 1 heterocycles. The summed E-state index contributed by atoms with van der Waals surface area (Å²) in [5.41, 5.74) is 6.52. The summed E-state index contributed by atoms with van der Waals surface area (Å²) >= 11 is 0. The summed E-state index contributed by atoms with van der Waals surface area (Å²) in [6.45, 7) is 4.63. The van der Waals surface area contributed by atoms with Crippen LogP contribution < -0.4 is 5.73 Å². The Kier molecular flexibility index (Phi) is 4.96. The number of piperazine rings is 1. The van der Waals surface area contributed by atoms with E-state index in [0.29, 0.717) is 11.1 Å². The summed E-state index contributed by atoms with van der Waals surface area (Å²) in [6, 6.07) is 7.31. The minimum Gasteiger partial charge on any atom is -0.366 e. The molecule has 1 aromatic carbocycles. The molecule has 0 saturated carbocycles. The molecule has 2 N–H and O–H groups in total. The zero-order valence-corrected chi connectivity index (χ0v) is 12.7. The van der Waals surface area contributed by atoms with Crippen molar-refractivity contribution in [1.29, 1.82) is 0 Å². The lowest BCUT2D eigenvalue weighted by molar-refractivity contribution is -0.135. The Labute approximate surface area is 125 Å². The zero-order valence-electron chi connectivity index (χ0n) is 12.7. The highest BCUT2D eigenvalue weighted by molar-refractivity contribution is 5.95. The molecule has 2 amide bonds. The number of nitrogens with zero attached hydrogens (tertiary/aromatic N) is 2. The molecule has 5 heteroatoms. The van der Waals surface area contributed by atoms with Crippen LogP contribution in [0.25, 0.3) is 0 Å². The van der Waals surface area contributed by atoms with Crippen LogP contribution in [0.1, 0.15) is 29.3 Å². The van der Waals surface area contributed by atoms with E-state index in [9.17, 15) is 9.59 Å². The van der Waals surface area contributed by atoms with Gasteiger partial charge in [0.25, 0.3) is 0 Å². The van der Waals surface area contributed by atoms with Crippen molar-refractivity contribution in [2.45, 2.75) is 25.8 Å². The standard InChI is InChI=1S/C16H23N3O2/c1-3-13-11-18(2)8-9-19(13)15(20)10-12-6-4-5-7-14(12)16(17)21/h4-7,13H,3,8-11H2,1-2H3,(H2,17,21). The van der Waals surface area contributed by atoms with E-state index < -0.39 is 5.91 Å². The number of carbonyl (C=O) groups excluding carboxylic acids is 2. The number of benzene rings is 1. The van der Waals surface area contributed by atoms with Gasteiger partial charge in [-0.25, -0.2) is 0 Å². The van der Waals surface area contributed by atoms with Gasteiger partial charge in [-0.05, 0) is 25.1 Å². The fraction of sp³-hybridized carbons (Fsp3) is 0.500. The lowest BCUT2D eigenvalue weighted by Crippen LogP contribution is -2.54. The van der Waals surface area contributed by atoms with Gasteiger partial charge in [-0.1, -0.05) is 25.1 Å².